The first-order chi connectivity index (χ1) is 22.7. The minimum Gasteiger partial charge on any atom is -0.268 e. The van der Waals surface area contributed by atoms with Gasteiger partial charge in [0, 0.05) is 11.5 Å². The Morgan fingerprint density at radius 1 is 0.435 bits per heavy atom. The average molecular weight is 661 g/mol. The molecule has 0 spiro atoms. The van der Waals surface area contributed by atoms with Crippen LogP contribution in [0.3, 0.4) is 0 Å². The maximum atomic E-state index is 14.3. The minimum atomic E-state index is -0.152. The highest BCUT2D eigenvalue weighted by Crippen LogP contribution is 2.30. The van der Waals surface area contributed by atoms with Crippen molar-refractivity contribution in [2.75, 3.05) is 20.1 Å². The fourth-order valence-corrected chi connectivity index (χ4v) is 7.49. The van der Waals surface area contributed by atoms with Crippen LogP contribution < -0.4 is 8.61 Å². The standard InChI is InChI=1S/C40H56N2O2S2/c1-3-5-7-9-11-13-15-25-33-45-41(35-27-19-17-20-28-35)39(43)37-31-23-24-32-38(37)40(44)42(36-29-21-18-22-30-36)46-34-26-16-14-12-10-8-6-4-2/h17-24,27-32H,3-16,25-26,33-34H2,1-2H3. The first-order valence-corrected chi connectivity index (χ1v) is 19.7. The number of rotatable bonds is 24. The molecule has 4 nitrogen and oxygen atoms in total. The number of anilines is 2. The Labute approximate surface area is 288 Å². The second-order valence-corrected chi connectivity index (χ2v) is 14.1. The Kier molecular flexibility index (Phi) is 19.4. The van der Waals surface area contributed by atoms with Crippen LogP contribution in [-0.2, 0) is 0 Å². The highest BCUT2D eigenvalue weighted by molar-refractivity contribution is 8.01. The Morgan fingerprint density at radius 2 is 0.739 bits per heavy atom. The summed E-state index contributed by atoms with van der Waals surface area (Å²) in [6, 6.07) is 27.0. The number of carbonyl (C=O) groups is 2. The fraction of sp³-hybridized carbons (Fsp3) is 0.500. The molecule has 0 aliphatic rings. The van der Waals surface area contributed by atoms with Gasteiger partial charge in [-0.05, 0) is 73.1 Å². The Balaban J connectivity index is 1.69. The predicted molar refractivity (Wildman–Crippen MR) is 203 cm³/mol. The molecule has 2 amide bonds. The summed E-state index contributed by atoms with van der Waals surface area (Å²) in [5, 5.41) is 0. The first kappa shape index (κ1) is 37.8. The second kappa shape index (κ2) is 23.6. The summed E-state index contributed by atoms with van der Waals surface area (Å²) in [5.74, 6) is 1.41. The first-order valence-electron chi connectivity index (χ1n) is 17.8. The molecule has 0 bridgehead atoms. The van der Waals surface area contributed by atoms with Crippen LogP contribution in [0, 0.1) is 0 Å². The SMILES string of the molecule is CCCCCCCCCCSN(C(=O)c1ccccc1C(=O)N(SCCCCCCCCCC)c1ccccc1)c1ccccc1. The lowest BCUT2D eigenvalue weighted by molar-refractivity contribution is 0.0975. The predicted octanol–water partition coefficient (Wildman–Crippen LogP) is 12.6. The van der Waals surface area contributed by atoms with Gasteiger partial charge in [0.25, 0.3) is 11.8 Å². The summed E-state index contributed by atoms with van der Waals surface area (Å²) in [6.45, 7) is 4.50. The highest BCUT2D eigenvalue weighted by Gasteiger charge is 2.27. The van der Waals surface area contributed by atoms with Crippen LogP contribution in [0.25, 0.3) is 0 Å². The maximum absolute atomic E-state index is 14.3. The molecular formula is C40H56N2O2S2. The lowest BCUT2D eigenvalue weighted by Crippen LogP contribution is -2.30. The van der Waals surface area contributed by atoms with E-state index in [-0.39, 0.29) is 11.8 Å². The molecule has 3 aromatic carbocycles. The van der Waals surface area contributed by atoms with Crippen LogP contribution in [0.4, 0.5) is 11.4 Å². The highest BCUT2D eigenvalue weighted by atomic mass is 32.2. The van der Waals surface area contributed by atoms with E-state index < -0.39 is 0 Å². The fourth-order valence-electron chi connectivity index (χ4n) is 5.49. The van der Waals surface area contributed by atoms with Gasteiger partial charge in [-0.2, -0.15) is 0 Å². The lowest BCUT2D eigenvalue weighted by Gasteiger charge is -2.25. The molecule has 3 rings (SSSR count). The van der Waals surface area contributed by atoms with E-state index in [1.165, 1.54) is 89.9 Å². The molecule has 6 heteroatoms. The van der Waals surface area contributed by atoms with E-state index in [1.54, 1.807) is 44.6 Å². The quantitative estimate of drug-likeness (QED) is 0.0708. The van der Waals surface area contributed by atoms with E-state index in [2.05, 4.69) is 13.8 Å². The normalized spacial score (nSPS) is 11.0. The van der Waals surface area contributed by atoms with Gasteiger partial charge in [-0.25, -0.2) is 0 Å². The van der Waals surface area contributed by atoms with E-state index >= 15 is 0 Å². The van der Waals surface area contributed by atoms with Crippen LogP contribution in [0.1, 0.15) is 137 Å². The number of nitrogens with zero attached hydrogens (tertiary/aromatic N) is 2. The Hall–Kier alpha value is -2.70. The van der Waals surface area contributed by atoms with Crippen molar-refractivity contribution in [1.82, 2.24) is 0 Å². The van der Waals surface area contributed by atoms with Crippen molar-refractivity contribution in [3.8, 4) is 0 Å². The number of hydrogen-bond acceptors (Lipinski definition) is 4. The summed E-state index contributed by atoms with van der Waals surface area (Å²) in [4.78, 5) is 28.5. The summed E-state index contributed by atoms with van der Waals surface area (Å²) in [5.41, 5.74) is 2.55. The number of hydrogen-bond donors (Lipinski definition) is 0. The summed E-state index contributed by atoms with van der Waals surface area (Å²) >= 11 is 3.11. The molecule has 0 heterocycles. The molecule has 0 N–H and O–H groups in total. The molecule has 0 saturated carbocycles. The van der Waals surface area contributed by atoms with Crippen LogP contribution >= 0.6 is 23.9 Å². The van der Waals surface area contributed by atoms with Crippen LogP contribution in [0.5, 0.6) is 0 Å². The molecule has 0 atom stereocenters. The molecule has 0 unspecified atom stereocenters. The average Bonchev–Trinajstić information content (AvgIpc) is 3.10. The molecule has 46 heavy (non-hydrogen) atoms. The van der Waals surface area contributed by atoms with Gasteiger partial charge >= 0.3 is 0 Å². The van der Waals surface area contributed by atoms with Crippen molar-refractivity contribution in [2.24, 2.45) is 0 Å². The number of unbranched alkanes of at least 4 members (excludes halogenated alkanes) is 14. The third-order valence-corrected chi connectivity index (χ3v) is 10.4. The smallest absolute Gasteiger partial charge is 0.268 e. The van der Waals surface area contributed by atoms with Gasteiger partial charge in [0.2, 0.25) is 0 Å². The number of benzene rings is 3. The van der Waals surface area contributed by atoms with E-state index in [0.717, 1.165) is 35.7 Å². The largest absolute Gasteiger partial charge is 0.269 e. The summed E-state index contributed by atoms with van der Waals surface area (Å²) in [6.07, 6.45) is 20.0. The van der Waals surface area contributed by atoms with Crippen molar-refractivity contribution in [3.05, 3.63) is 96.1 Å². The third-order valence-electron chi connectivity index (χ3n) is 8.17. The maximum Gasteiger partial charge on any atom is 0.269 e. The monoisotopic (exact) mass is 660 g/mol. The van der Waals surface area contributed by atoms with Gasteiger partial charge in [0.15, 0.2) is 0 Å². The number of carbonyl (C=O) groups excluding carboxylic acids is 2. The van der Waals surface area contributed by atoms with Crippen LogP contribution in [0.2, 0.25) is 0 Å². The molecule has 0 aliphatic carbocycles. The summed E-state index contributed by atoms with van der Waals surface area (Å²) in [7, 11) is 0. The topological polar surface area (TPSA) is 40.6 Å². The molecule has 0 saturated heterocycles. The molecule has 250 valence electrons. The van der Waals surface area contributed by atoms with Crippen molar-refractivity contribution in [2.45, 2.75) is 117 Å². The number of para-hydroxylation sites is 2. The molecule has 0 fully saturated rings. The van der Waals surface area contributed by atoms with Crippen molar-refractivity contribution < 1.29 is 9.59 Å². The molecule has 0 radical (unpaired) electrons. The van der Waals surface area contributed by atoms with Gasteiger partial charge in [-0.1, -0.05) is 152 Å². The van der Waals surface area contributed by atoms with Gasteiger partial charge in [0.05, 0.1) is 22.5 Å². The van der Waals surface area contributed by atoms with E-state index in [0.29, 0.717) is 11.1 Å². The molecule has 0 aromatic heterocycles. The van der Waals surface area contributed by atoms with Crippen molar-refractivity contribution >= 4 is 47.1 Å². The zero-order valence-corrected chi connectivity index (χ0v) is 30.0. The van der Waals surface area contributed by atoms with Crippen molar-refractivity contribution in [1.29, 1.82) is 0 Å². The van der Waals surface area contributed by atoms with E-state index in [4.69, 9.17) is 0 Å². The molecular weight excluding hydrogens is 605 g/mol. The Morgan fingerprint density at radius 3 is 1.09 bits per heavy atom. The Bertz CT molecular complexity index is 1140. The van der Waals surface area contributed by atoms with Gasteiger partial charge in [-0.3, -0.25) is 18.2 Å². The minimum absolute atomic E-state index is 0.152. The zero-order valence-electron chi connectivity index (χ0n) is 28.3. The van der Waals surface area contributed by atoms with Gasteiger partial charge in [-0.15, -0.1) is 0 Å². The van der Waals surface area contributed by atoms with Crippen LogP contribution in [0.15, 0.2) is 84.9 Å². The summed E-state index contributed by atoms with van der Waals surface area (Å²) < 4.78 is 3.57. The zero-order chi connectivity index (χ0) is 32.7. The van der Waals surface area contributed by atoms with Gasteiger partial charge < -0.3 is 0 Å². The van der Waals surface area contributed by atoms with Crippen LogP contribution in [-0.4, -0.2) is 23.3 Å². The third kappa shape index (κ3) is 13.6. The number of amides is 2. The lowest BCUT2D eigenvalue weighted by atomic mass is 10.1. The van der Waals surface area contributed by atoms with E-state index in [9.17, 15) is 9.59 Å². The van der Waals surface area contributed by atoms with Gasteiger partial charge in [0.1, 0.15) is 0 Å². The second-order valence-electron chi connectivity index (χ2n) is 12.0. The molecule has 3 aromatic rings. The van der Waals surface area contributed by atoms with Crippen molar-refractivity contribution in [3.63, 3.8) is 0 Å². The molecule has 0 aliphatic heterocycles. The van der Waals surface area contributed by atoms with E-state index in [1.807, 2.05) is 72.8 Å².